The van der Waals surface area contributed by atoms with Crippen LogP contribution in [0.3, 0.4) is 0 Å². The molecule has 16 heteroatoms. The topological polar surface area (TPSA) is 157 Å². The van der Waals surface area contributed by atoms with E-state index in [0.29, 0.717) is 46.7 Å². The number of anilines is 3. The van der Waals surface area contributed by atoms with Gasteiger partial charge in [-0.3, -0.25) is 28.8 Å². The SMILES string of the molecule is Cn1cc(NC(=O)c2sccc2Cl)cc1C(=O)Nc1cc(C(=O)Nc2cc(C(=O)NCCN3CCOCC3)n(C)n2)n(C)c1. The summed E-state index contributed by atoms with van der Waals surface area (Å²) >= 11 is 7.26. The molecule has 4 aromatic rings. The number of halogens is 1. The number of carbonyl (C=O) groups is 4. The number of ether oxygens (including phenoxy) is 1. The summed E-state index contributed by atoms with van der Waals surface area (Å²) in [6, 6.07) is 6.22. The predicted molar refractivity (Wildman–Crippen MR) is 167 cm³/mol. The monoisotopic (exact) mass is 641 g/mol. The first-order valence-electron chi connectivity index (χ1n) is 13.7. The molecular formula is C28H32ClN9O5S. The molecular weight excluding hydrogens is 610 g/mol. The number of thiophene rings is 1. The lowest BCUT2D eigenvalue weighted by atomic mass is 10.3. The van der Waals surface area contributed by atoms with Crippen LogP contribution < -0.4 is 21.3 Å². The minimum absolute atomic E-state index is 0.213. The first kappa shape index (κ1) is 31.0. The number of nitrogens with zero attached hydrogens (tertiary/aromatic N) is 5. The highest BCUT2D eigenvalue weighted by Gasteiger charge is 2.20. The maximum atomic E-state index is 13.1. The highest BCUT2D eigenvalue weighted by molar-refractivity contribution is 7.12. The Hall–Kier alpha value is -4.44. The Morgan fingerprint density at radius 2 is 1.48 bits per heavy atom. The molecule has 0 unspecified atom stereocenters. The average Bonchev–Trinajstić information content (AvgIpc) is 3.76. The van der Waals surface area contributed by atoms with Gasteiger partial charge in [0.15, 0.2) is 5.82 Å². The molecule has 14 nitrogen and oxygen atoms in total. The van der Waals surface area contributed by atoms with Gasteiger partial charge in [0.2, 0.25) is 0 Å². The lowest BCUT2D eigenvalue weighted by Gasteiger charge is -2.26. The van der Waals surface area contributed by atoms with Gasteiger partial charge in [-0.05, 0) is 23.6 Å². The Morgan fingerprint density at radius 1 is 0.864 bits per heavy atom. The maximum Gasteiger partial charge on any atom is 0.273 e. The van der Waals surface area contributed by atoms with Gasteiger partial charge in [-0.1, -0.05) is 11.6 Å². The lowest BCUT2D eigenvalue weighted by molar-refractivity contribution is 0.0383. The number of nitrogens with one attached hydrogen (secondary N) is 4. The van der Waals surface area contributed by atoms with Crippen molar-refractivity contribution < 1.29 is 23.9 Å². The molecule has 0 atom stereocenters. The standard InChI is InChI=1S/C28H32ClN9O5S/c1-35-16-18(32-28(42)24-19(29)4-11-44-24)13-20(35)26(40)31-17-12-21(36(2)15-17)27(41)33-23-14-22(37(3)34-23)25(39)30-5-6-38-7-9-43-10-8-38/h4,11-16H,5-10H2,1-3H3,(H,30,39)(H,31,40)(H,32,42)(H,33,34,41). The van der Waals surface area contributed by atoms with E-state index in [1.807, 2.05) is 0 Å². The van der Waals surface area contributed by atoms with Gasteiger partial charge in [0.1, 0.15) is 22.0 Å². The summed E-state index contributed by atoms with van der Waals surface area (Å²) in [5, 5.41) is 17.4. The summed E-state index contributed by atoms with van der Waals surface area (Å²) in [6.07, 6.45) is 3.21. The predicted octanol–water partition coefficient (Wildman–Crippen LogP) is 2.63. The Bertz CT molecular complexity index is 1700. The molecule has 4 aromatic heterocycles. The third-order valence-corrected chi connectivity index (χ3v) is 8.33. The van der Waals surface area contributed by atoms with Crippen LogP contribution in [-0.4, -0.2) is 86.8 Å². The summed E-state index contributed by atoms with van der Waals surface area (Å²) in [4.78, 5) is 53.9. The van der Waals surface area contributed by atoms with E-state index in [9.17, 15) is 19.2 Å². The Balaban J connectivity index is 1.17. The van der Waals surface area contributed by atoms with Crippen molar-refractivity contribution in [1.29, 1.82) is 0 Å². The van der Waals surface area contributed by atoms with Crippen LogP contribution >= 0.6 is 22.9 Å². The number of aryl methyl sites for hydroxylation is 3. The van der Waals surface area contributed by atoms with Crippen LogP contribution in [0.15, 0.2) is 42.0 Å². The van der Waals surface area contributed by atoms with E-state index >= 15 is 0 Å². The van der Waals surface area contributed by atoms with Gasteiger partial charge in [0.05, 0.1) is 29.6 Å². The van der Waals surface area contributed by atoms with E-state index in [4.69, 9.17) is 16.3 Å². The molecule has 1 fully saturated rings. The van der Waals surface area contributed by atoms with Gasteiger partial charge in [0.25, 0.3) is 23.6 Å². The summed E-state index contributed by atoms with van der Waals surface area (Å²) in [5.74, 6) is -1.36. The summed E-state index contributed by atoms with van der Waals surface area (Å²) in [7, 11) is 4.97. The van der Waals surface area contributed by atoms with E-state index in [-0.39, 0.29) is 29.0 Å². The molecule has 0 aromatic carbocycles. The third-order valence-electron chi connectivity index (χ3n) is 6.99. The van der Waals surface area contributed by atoms with Crippen molar-refractivity contribution in [3.8, 4) is 0 Å². The van der Waals surface area contributed by atoms with E-state index < -0.39 is 11.8 Å². The number of hydrogen-bond acceptors (Lipinski definition) is 8. The minimum Gasteiger partial charge on any atom is -0.379 e. The minimum atomic E-state index is -0.471. The van der Waals surface area contributed by atoms with Gasteiger partial charge in [0, 0.05) is 65.8 Å². The second-order valence-electron chi connectivity index (χ2n) is 10.2. The van der Waals surface area contributed by atoms with Crippen molar-refractivity contribution in [2.45, 2.75) is 0 Å². The van der Waals surface area contributed by atoms with Crippen molar-refractivity contribution >= 4 is 63.8 Å². The number of rotatable bonds is 10. The van der Waals surface area contributed by atoms with Crippen molar-refractivity contribution in [1.82, 2.24) is 29.1 Å². The number of aromatic nitrogens is 4. The van der Waals surface area contributed by atoms with E-state index in [1.54, 1.807) is 60.2 Å². The molecule has 5 heterocycles. The van der Waals surface area contributed by atoms with Crippen molar-refractivity contribution in [2.24, 2.45) is 21.1 Å². The number of morpholine rings is 1. The van der Waals surface area contributed by atoms with Gasteiger partial charge >= 0.3 is 0 Å². The molecule has 4 amide bonds. The van der Waals surface area contributed by atoms with Gasteiger partial charge in [-0.2, -0.15) is 5.10 Å². The van der Waals surface area contributed by atoms with Crippen LogP contribution in [0.5, 0.6) is 0 Å². The zero-order chi connectivity index (χ0) is 31.4. The molecule has 0 aliphatic carbocycles. The molecule has 5 rings (SSSR count). The Kier molecular flexibility index (Phi) is 9.49. The fourth-order valence-electron chi connectivity index (χ4n) is 4.72. The molecule has 0 spiro atoms. The molecule has 0 saturated carbocycles. The maximum absolute atomic E-state index is 13.1. The zero-order valence-corrected chi connectivity index (χ0v) is 25.9. The van der Waals surface area contributed by atoms with Gasteiger partial charge in [-0.15, -0.1) is 11.3 Å². The Labute approximate surface area is 261 Å². The highest BCUT2D eigenvalue weighted by Crippen LogP contribution is 2.24. The normalized spacial score (nSPS) is 13.5. The first-order chi connectivity index (χ1) is 21.1. The molecule has 0 bridgehead atoms. The number of hydrogen-bond donors (Lipinski definition) is 4. The molecule has 1 saturated heterocycles. The molecule has 1 aliphatic rings. The third kappa shape index (κ3) is 7.19. The van der Waals surface area contributed by atoms with Crippen LogP contribution in [-0.2, 0) is 25.9 Å². The first-order valence-corrected chi connectivity index (χ1v) is 15.0. The van der Waals surface area contributed by atoms with Crippen LogP contribution in [0.1, 0.15) is 41.1 Å². The van der Waals surface area contributed by atoms with Crippen LogP contribution in [0, 0.1) is 0 Å². The summed E-state index contributed by atoms with van der Waals surface area (Å²) < 4.78 is 9.89. The fourth-order valence-corrected chi connectivity index (χ4v) is 5.76. The number of amides is 4. The summed E-state index contributed by atoms with van der Waals surface area (Å²) in [6.45, 7) is 4.25. The van der Waals surface area contributed by atoms with Crippen molar-refractivity contribution in [2.75, 3.05) is 55.3 Å². The highest BCUT2D eigenvalue weighted by atomic mass is 35.5. The molecule has 1 aliphatic heterocycles. The van der Waals surface area contributed by atoms with Crippen LogP contribution in [0.25, 0.3) is 0 Å². The second-order valence-corrected chi connectivity index (χ2v) is 11.5. The van der Waals surface area contributed by atoms with E-state index in [1.165, 1.54) is 28.2 Å². The second kappa shape index (κ2) is 13.5. The molecule has 44 heavy (non-hydrogen) atoms. The van der Waals surface area contributed by atoms with Crippen molar-refractivity contribution in [3.05, 3.63) is 69.0 Å². The molecule has 4 N–H and O–H groups in total. The van der Waals surface area contributed by atoms with Gasteiger partial charge < -0.3 is 35.1 Å². The summed E-state index contributed by atoms with van der Waals surface area (Å²) in [5.41, 5.74) is 1.67. The smallest absolute Gasteiger partial charge is 0.273 e. The number of carbonyl (C=O) groups excluding carboxylic acids is 4. The fraction of sp³-hybridized carbons (Fsp3) is 0.321. The van der Waals surface area contributed by atoms with E-state index in [2.05, 4.69) is 31.3 Å². The quantitative estimate of drug-likeness (QED) is 0.207. The van der Waals surface area contributed by atoms with Gasteiger partial charge in [-0.25, -0.2) is 0 Å². The zero-order valence-electron chi connectivity index (χ0n) is 24.3. The molecule has 232 valence electrons. The van der Waals surface area contributed by atoms with Crippen LogP contribution in [0.2, 0.25) is 5.02 Å². The largest absolute Gasteiger partial charge is 0.379 e. The van der Waals surface area contributed by atoms with Crippen LogP contribution in [0.4, 0.5) is 17.2 Å². The average molecular weight is 642 g/mol. The lowest BCUT2D eigenvalue weighted by Crippen LogP contribution is -2.41. The Morgan fingerprint density at radius 3 is 2.09 bits per heavy atom. The van der Waals surface area contributed by atoms with Crippen molar-refractivity contribution in [3.63, 3.8) is 0 Å². The van der Waals surface area contributed by atoms with E-state index in [0.717, 1.165) is 19.6 Å². The molecule has 0 radical (unpaired) electrons.